The molecule has 0 saturated heterocycles. The third-order valence-corrected chi connectivity index (χ3v) is 5.29. The van der Waals surface area contributed by atoms with Gasteiger partial charge in [0.2, 0.25) is 0 Å². The normalized spacial score (nSPS) is 13.8. The van der Waals surface area contributed by atoms with E-state index in [1.54, 1.807) is 25.4 Å². The highest BCUT2D eigenvalue weighted by Crippen LogP contribution is 2.32. The van der Waals surface area contributed by atoms with Gasteiger partial charge in [-0.15, -0.1) is 0 Å². The van der Waals surface area contributed by atoms with Gasteiger partial charge >= 0.3 is 11.9 Å². The lowest BCUT2D eigenvalue weighted by molar-refractivity contribution is -0.137. The lowest BCUT2D eigenvalue weighted by Gasteiger charge is -2.32. The summed E-state index contributed by atoms with van der Waals surface area (Å²) in [5.74, 6) is 0.835. The van der Waals surface area contributed by atoms with E-state index in [1.165, 1.54) is 16.7 Å². The molecule has 0 amide bonds. The summed E-state index contributed by atoms with van der Waals surface area (Å²) in [6.07, 6.45) is -2.33. The van der Waals surface area contributed by atoms with Crippen molar-refractivity contribution in [3.63, 3.8) is 0 Å². The average Bonchev–Trinajstić information content (AvgIpc) is 2.76. The summed E-state index contributed by atoms with van der Waals surface area (Å²) >= 11 is 0. The van der Waals surface area contributed by atoms with Crippen LogP contribution in [-0.2, 0) is 32.9 Å². The number of hydrogen-bond acceptors (Lipinski definition) is 5. The summed E-state index contributed by atoms with van der Waals surface area (Å²) in [6, 6.07) is 7.87. The van der Waals surface area contributed by atoms with Gasteiger partial charge in [0.25, 0.3) is 0 Å². The van der Waals surface area contributed by atoms with Crippen LogP contribution in [0.4, 0.5) is 34.9 Å². The first-order valence-electron chi connectivity index (χ1n) is 9.56. The highest BCUT2D eigenvalue weighted by Gasteiger charge is 2.30. The maximum Gasteiger partial charge on any atom is 0.416 e. The molecule has 2 aromatic heterocycles. The van der Waals surface area contributed by atoms with Gasteiger partial charge in [0.15, 0.2) is 0 Å². The molecule has 0 spiro atoms. The van der Waals surface area contributed by atoms with E-state index in [1.807, 2.05) is 4.90 Å². The predicted octanol–water partition coefficient (Wildman–Crippen LogP) is 3.97. The zero-order valence-corrected chi connectivity index (χ0v) is 16.6. The molecule has 0 fully saturated rings. The fourth-order valence-corrected chi connectivity index (χ4v) is 3.65. The monoisotopic (exact) mass is 433 g/mol. The maximum atomic E-state index is 13.4. The van der Waals surface area contributed by atoms with Crippen LogP contribution in [0.15, 0.2) is 47.4 Å². The van der Waals surface area contributed by atoms with Crippen LogP contribution in [0.25, 0.3) is 0 Å². The van der Waals surface area contributed by atoms with Gasteiger partial charge in [-0.3, -0.25) is 4.57 Å². The summed E-state index contributed by atoms with van der Waals surface area (Å²) in [5, 5.41) is 2.97. The molecule has 3 aromatic rings. The molecule has 162 valence electrons. The Hall–Kier alpha value is -3.43. The number of fused-ring (bicyclic) bond motifs is 1. The van der Waals surface area contributed by atoms with Crippen molar-refractivity contribution < 1.29 is 17.6 Å². The van der Waals surface area contributed by atoms with Crippen molar-refractivity contribution in [3.05, 3.63) is 75.5 Å². The predicted molar refractivity (Wildman–Crippen MR) is 108 cm³/mol. The molecule has 3 heterocycles. The number of nitrogens with one attached hydrogen (secondary N) is 1. The van der Waals surface area contributed by atoms with Crippen LogP contribution in [0.3, 0.4) is 0 Å². The Kier molecular flexibility index (Phi) is 5.38. The highest BCUT2D eigenvalue weighted by molar-refractivity contribution is 5.62. The number of benzene rings is 1. The quantitative estimate of drug-likeness (QED) is 0.631. The van der Waals surface area contributed by atoms with Crippen molar-refractivity contribution in [1.82, 2.24) is 14.5 Å². The molecule has 0 radical (unpaired) electrons. The van der Waals surface area contributed by atoms with Gasteiger partial charge in [-0.25, -0.2) is 14.2 Å². The van der Waals surface area contributed by atoms with Gasteiger partial charge in [0.05, 0.1) is 12.1 Å². The molecule has 0 bridgehead atoms. The maximum absolute atomic E-state index is 13.4. The molecule has 1 aliphatic heterocycles. The zero-order valence-electron chi connectivity index (χ0n) is 16.6. The second kappa shape index (κ2) is 8.01. The summed E-state index contributed by atoms with van der Waals surface area (Å²) in [4.78, 5) is 22.7. The Labute approximate surface area is 175 Å². The lowest BCUT2D eigenvalue weighted by Crippen LogP contribution is -2.38. The number of nitrogens with zero attached hydrogens (tertiary/aromatic N) is 4. The van der Waals surface area contributed by atoms with Crippen LogP contribution < -0.4 is 15.9 Å². The fraction of sp³-hybridized carbons (Fsp3) is 0.286. The first-order chi connectivity index (χ1) is 14.8. The number of hydrogen-bond donors (Lipinski definition) is 1. The summed E-state index contributed by atoms with van der Waals surface area (Å²) in [7, 11) is 1.61. The van der Waals surface area contributed by atoms with Crippen molar-refractivity contribution in [1.29, 1.82) is 0 Å². The summed E-state index contributed by atoms with van der Waals surface area (Å²) < 4.78 is 53.2. The van der Waals surface area contributed by atoms with Gasteiger partial charge in [-0.1, -0.05) is 6.07 Å². The SMILES string of the molecule is Cn1c2c(c(Nc3ccc(C(F)(F)F)cc3)nc1=O)CCN(c1ncccc1CF)C2. The molecular weight excluding hydrogens is 414 g/mol. The van der Waals surface area contributed by atoms with E-state index in [-0.39, 0.29) is 0 Å². The number of rotatable bonds is 4. The second-order valence-corrected chi connectivity index (χ2v) is 7.22. The molecule has 0 unspecified atom stereocenters. The molecule has 10 heteroatoms. The van der Waals surface area contributed by atoms with Crippen molar-refractivity contribution in [2.75, 3.05) is 16.8 Å². The molecule has 0 saturated carbocycles. The number of pyridine rings is 1. The third kappa shape index (κ3) is 4.10. The van der Waals surface area contributed by atoms with E-state index in [2.05, 4.69) is 15.3 Å². The minimum absolute atomic E-state index is 0.309. The van der Waals surface area contributed by atoms with Crippen LogP contribution in [0, 0.1) is 0 Å². The molecule has 1 aliphatic rings. The van der Waals surface area contributed by atoms with E-state index in [9.17, 15) is 22.4 Å². The first-order valence-corrected chi connectivity index (χ1v) is 9.56. The zero-order chi connectivity index (χ0) is 22.2. The van der Waals surface area contributed by atoms with Crippen molar-refractivity contribution in [2.24, 2.45) is 7.05 Å². The molecule has 1 N–H and O–H groups in total. The highest BCUT2D eigenvalue weighted by atomic mass is 19.4. The molecule has 0 aliphatic carbocycles. The molecule has 4 rings (SSSR count). The van der Waals surface area contributed by atoms with E-state index >= 15 is 0 Å². The number of aromatic nitrogens is 3. The van der Waals surface area contributed by atoms with E-state index in [0.717, 1.165) is 17.7 Å². The Morgan fingerprint density at radius 2 is 1.90 bits per heavy atom. The fourth-order valence-electron chi connectivity index (χ4n) is 3.65. The summed E-state index contributed by atoms with van der Waals surface area (Å²) in [6.45, 7) is 0.205. The molecule has 31 heavy (non-hydrogen) atoms. The van der Waals surface area contributed by atoms with Crippen molar-refractivity contribution in [2.45, 2.75) is 25.8 Å². The Morgan fingerprint density at radius 1 is 1.16 bits per heavy atom. The van der Waals surface area contributed by atoms with Gasteiger partial charge in [-0.2, -0.15) is 18.2 Å². The van der Waals surface area contributed by atoms with Crippen LogP contribution in [0.2, 0.25) is 0 Å². The first kappa shape index (κ1) is 20.8. The third-order valence-electron chi connectivity index (χ3n) is 5.29. The topological polar surface area (TPSA) is 63.1 Å². The molecular formula is C21H19F4N5O. The van der Waals surface area contributed by atoms with Crippen LogP contribution in [-0.4, -0.2) is 21.1 Å². The van der Waals surface area contributed by atoms with Gasteiger partial charge in [0, 0.05) is 42.3 Å². The number of halogens is 4. The molecule has 1 aromatic carbocycles. The Bertz CT molecular complexity index is 1160. The minimum Gasteiger partial charge on any atom is -0.350 e. The number of alkyl halides is 4. The van der Waals surface area contributed by atoms with Crippen molar-refractivity contribution >= 4 is 17.3 Å². The van der Waals surface area contributed by atoms with Gasteiger partial charge in [-0.05, 0) is 36.8 Å². The van der Waals surface area contributed by atoms with E-state index < -0.39 is 24.1 Å². The largest absolute Gasteiger partial charge is 0.416 e. The van der Waals surface area contributed by atoms with Crippen LogP contribution in [0.5, 0.6) is 0 Å². The van der Waals surface area contributed by atoms with E-state index in [4.69, 9.17) is 0 Å². The van der Waals surface area contributed by atoms with Crippen LogP contribution >= 0.6 is 0 Å². The minimum atomic E-state index is -4.42. The lowest BCUT2D eigenvalue weighted by atomic mass is 10.0. The standard InChI is InChI=1S/C21H19F4N5O/c1-29-17-12-30(19-13(11-22)3-2-9-26-19)10-8-16(17)18(28-20(29)31)27-15-6-4-14(5-7-15)21(23,24)25/h2-7,9H,8,10-12H2,1H3,(H,27,28,31). The second-order valence-electron chi connectivity index (χ2n) is 7.22. The summed E-state index contributed by atoms with van der Waals surface area (Å²) in [5.41, 5.74) is 1.08. The smallest absolute Gasteiger partial charge is 0.350 e. The molecule has 6 nitrogen and oxygen atoms in total. The molecule has 0 atom stereocenters. The van der Waals surface area contributed by atoms with Gasteiger partial charge in [0.1, 0.15) is 18.3 Å². The van der Waals surface area contributed by atoms with Crippen molar-refractivity contribution in [3.8, 4) is 0 Å². The van der Waals surface area contributed by atoms with Crippen LogP contribution in [0.1, 0.15) is 22.4 Å². The Balaban J connectivity index is 1.66. The Morgan fingerprint density at radius 3 is 2.58 bits per heavy atom. The van der Waals surface area contributed by atoms with E-state index in [0.29, 0.717) is 48.1 Å². The number of anilines is 3. The van der Waals surface area contributed by atoms with Gasteiger partial charge < -0.3 is 10.2 Å². The average molecular weight is 433 g/mol.